The molecule has 6 heteroatoms. The van der Waals surface area contributed by atoms with Crippen LogP contribution in [0.5, 0.6) is 11.5 Å². The lowest BCUT2D eigenvalue weighted by molar-refractivity contribution is -0.0509. The lowest BCUT2D eigenvalue weighted by Crippen LogP contribution is -2.44. The highest BCUT2D eigenvalue weighted by Gasteiger charge is 2.22. The Morgan fingerprint density at radius 2 is 2.04 bits per heavy atom. The molecule has 1 unspecified atom stereocenters. The maximum absolute atomic E-state index is 13.6. The van der Waals surface area contributed by atoms with Crippen LogP contribution in [-0.4, -0.2) is 43.9 Å². The van der Waals surface area contributed by atoms with E-state index in [1.807, 2.05) is 6.07 Å². The van der Waals surface area contributed by atoms with Gasteiger partial charge in [-0.1, -0.05) is 12.1 Å². The maximum atomic E-state index is 13.6. The van der Waals surface area contributed by atoms with Crippen molar-refractivity contribution in [2.45, 2.75) is 19.1 Å². The topological polar surface area (TPSA) is 30.9 Å². The minimum absolute atomic E-state index is 0.0793. The van der Waals surface area contributed by atoms with Gasteiger partial charge in [0.15, 0.2) is 11.6 Å². The van der Waals surface area contributed by atoms with Gasteiger partial charge >= 0.3 is 0 Å². The predicted molar refractivity (Wildman–Crippen MR) is 92.5 cm³/mol. The number of hydrogen-bond donors (Lipinski definition) is 0. The summed E-state index contributed by atoms with van der Waals surface area (Å²) in [6.45, 7) is 3.87. The van der Waals surface area contributed by atoms with Crippen LogP contribution in [0.1, 0.15) is 11.1 Å². The third-order valence-electron chi connectivity index (χ3n) is 4.70. The maximum Gasteiger partial charge on any atom is 0.165 e. The number of benzene rings is 2. The van der Waals surface area contributed by atoms with Crippen molar-refractivity contribution in [1.82, 2.24) is 4.90 Å². The first-order valence-corrected chi connectivity index (χ1v) is 8.84. The van der Waals surface area contributed by atoms with Crippen molar-refractivity contribution < 1.29 is 23.0 Å². The summed E-state index contributed by atoms with van der Waals surface area (Å²) in [6.07, 6.45) is 0.784. The SMILES string of the molecule is Fc1ccc(F)c(OCC2CN(Cc3ccc4c(c3)CCO4)CCO2)c1. The van der Waals surface area contributed by atoms with E-state index in [-0.39, 0.29) is 18.5 Å². The molecule has 0 spiro atoms. The van der Waals surface area contributed by atoms with Crippen LogP contribution in [0.15, 0.2) is 36.4 Å². The molecule has 1 fully saturated rings. The Balaban J connectivity index is 1.33. The molecule has 0 radical (unpaired) electrons. The van der Waals surface area contributed by atoms with Crippen molar-refractivity contribution in [3.05, 3.63) is 59.2 Å². The van der Waals surface area contributed by atoms with E-state index in [1.54, 1.807) is 0 Å². The van der Waals surface area contributed by atoms with E-state index in [0.29, 0.717) is 13.2 Å². The van der Waals surface area contributed by atoms with E-state index < -0.39 is 11.6 Å². The molecule has 2 aliphatic heterocycles. The van der Waals surface area contributed by atoms with Crippen LogP contribution < -0.4 is 9.47 Å². The molecule has 0 saturated carbocycles. The molecule has 138 valence electrons. The Morgan fingerprint density at radius 1 is 1.12 bits per heavy atom. The van der Waals surface area contributed by atoms with Crippen LogP contribution in [-0.2, 0) is 17.7 Å². The fourth-order valence-electron chi connectivity index (χ4n) is 3.39. The number of rotatable bonds is 5. The summed E-state index contributed by atoms with van der Waals surface area (Å²) in [7, 11) is 0. The van der Waals surface area contributed by atoms with Crippen molar-refractivity contribution >= 4 is 0 Å². The van der Waals surface area contributed by atoms with E-state index in [9.17, 15) is 8.78 Å². The van der Waals surface area contributed by atoms with Crippen LogP contribution in [0, 0.1) is 11.6 Å². The second-order valence-corrected chi connectivity index (χ2v) is 6.65. The predicted octanol–water partition coefficient (Wildman–Crippen LogP) is 3.18. The standard InChI is InChI=1S/C20H21F2NO3/c21-16-2-3-18(22)20(10-16)26-13-17-12-23(6-8-24-17)11-14-1-4-19-15(9-14)5-7-25-19/h1-4,9-10,17H,5-8,11-13H2. The number of ether oxygens (including phenoxy) is 3. The summed E-state index contributed by atoms with van der Waals surface area (Å²) >= 11 is 0. The highest BCUT2D eigenvalue weighted by Crippen LogP contribution is 2.26. The number of morpholine rings is 1. The van der Waals surface area contributed by atoms with E-state index in [4.69, 9.17) is 14.2 Å². The minimum Gasteiger partial charge on any atom is -0.493 e. The van der Waals surface area contributed by atoms with Gasteiger partial charge in [-0.15, -0.1) is 0 Å². The second kappa shape index (κ2) is 7.60. The molecule has 1 atom stereocenters. The molecule has 26 heavy (non-hydrogen) atoms. The van der Waals surface area contributed by atoms with Gasteiger partial charge in [0.2, 0.25) is 0 Å². The van der Waals surface area contributed by atoms with E-state index in [2.05, 4.69) is 17.0 Å². The van der Waals surface area contributed by atoms with E-state index >= 15 is 0 Å². The lowest BCUT2D eigenvalue weighted by Gasteiger charge is -2.32. The van der Waals surface area contributed by atoms with Crippen molar-refractivity contribution in [3.63, 3.8) is 0 Å². The molecular formula is C20H21F2NO3. The fourth-order valence-corrected chi connectivity index (χ4v) is 3.39. The van der Waals surface area contributed by atoms with Gasteiger partial charge in [-0.3, -0.25) is 4.90 Å². The Bertz CT molecular complexity index is 784. The molecule has 2 heterocycles. The second-order valence-electron chi connectivity index (χ2n) is 6.65. The Kier molecular flexibility index (Phi) is 5.04. The van der Waals surface area contributed by atoms with Crippen LogP contribution >= 0.6 is 0 Å². The molecule has 0 bridgehead atoms. The number of nitrogens with zero attached hydrogens (tertiary/aromatic N) is 1. The van der Waals surface area contributed by atoms with Crippen LogP contribution in [0.3, 0.4) is 0 Å². The molecule has 0 aliphatic carbocycles. The van der Waals surface area contributed by atoms with Crippen LogP contribution in [0.4, 0.5) is 8.78 Å². The smallest absolute Gasteiger partial charge is 0.165 e. The number of halogens is 2. The third-order valence-corrected chi connectivity index (χ3v) is 4.70. The molecule has 2 aliphatic rings. The first kappa shape index (κ1) is 17.2. The molecule has 1 saturated heterocycles. The van der Waals surface area contributed by atoms with Gasteiger partial charge in [-0.25, -0.2) is 8.78 Å². The zero-order valence-electron chi connectivity index (χ0n) is 14.4. The number of hydrogen-bond acceptors (Lipinski definition) is 4. The zero-order valence-corrected chi connectivity index (χ0v) is 14.4. The highest BCUT2D eigenvalue weighted by atomic mass is 19.1. The zero-order chi connectivity index (χ0) is 17.9. The molecule has 0 amide bonds. The molecular weight excluding hydrogens is 340 g/mol. The van der Waals surface area contributed by atoms with Gasteiger partial charge in [0, 0.05) is 32.1 Å². The van der Waals surface area contributed by atoms with Gasteiger partial charge < -0.3 is 14.2 Å². The first-order valence-electron chi connectivity index (χ1n) is 8.84. The summed E-state index contributed by atoms with van der Waals surface area (Å²) < 4.78 is 43.5. The summed E-state index contributed by atoms with van der Waals surface area (Å²) in [4.78, 5) is 2.29. The average molecular weight is 361 g/mol. The fraction of sp³-hybridized carbons (Fsp3) is 0.400. The average Bonchev–Trinajstić information content (AvgIpc) is 3.11. The van der Waals surface area contributed by atoms with E-state index in [0.717, 1.165) is 50.1 Å². The molecule has 2 aromatic rings. The Labute approximate surface area is 151 Å². The molecule has 4 nitrogen and oxygen atoms in total. The summed E-state index contributed by atoms with van der Waals surface area (Å²) in [6, 6.07) is 9.52. The first-order chi connectivity index (χ1) is 12.7. The van der Waals surface area contributed by atoms with Crippen LogP contribution in [0.25, 0.3) is 0 Å². The Morgan fingerprint density at radius 3 is 2.96 bits per heavy atom. The van der Waals surface area contributed by atoms with Gasteiger partial charge in [-0.05, 0) is 29.3 Å². The van der Waals surface area contributed by atoms with Crippen molar-refractivity contribution in [3.8, 4) is 11.5 Å². The van der Waals surface area contributed by atoms with Gasteiger partial charge in [-0.2, -0.15) is 0 Å². The quantitative estimate of drug-likeness (QED) is 0.819. The molecule has 0 aromatic heterocycles. The van der Waals surface area contributed by atoms with Gasteiger partial charge in [0.1, 0.15) is 24.3 Å². The van der Waals surface area contributed by atoms with Gasteiger partial charge in [0.05, 0.1) is 13.2 Å². The van der Waals surface area contributed by atoms with Crippen molar-refractivity contribution in [2.75, 3.05) is 32.9 Å². The monoisotopic (exact) mass is 361 g/mol. The molecule has 0 N–H and O–H groups in total. The molecule has 4 rings (SSSR count). The largest absolute Gasteiger partial charge is 0.493 e. The van der Waals surface area contributed by atoms with Crippen molar-refractivity contribution in [2.24, 2.45) is 0 Å². The normalized spacial score (nSPS) is 19.8. The highest BCUT2D eigenvalue weighted by molar-refractivity contribution is 5.39. The lowest BCUT2D eigenvalue weighted by atomic mass is 10.1. The van der Waals surface area contributed by atoms with Crippen LogP contribution in [0.2, 0.25) is 0 Å². The Hall–Kier alpha value is -2.18. The van der Waals surface area contributed by atoms with Gasteiger partial charge in [0.25, 0.3) is 0 Å². The summed E-state index contributed by atoms with van der Waals surface area (Å²) in [5, 5.41) is 0. The molecule has 2 aromatic carbocycles. The van der Waals surface area contributed by atoms with Crippen molar-refractivity contribution in [1.29, 1.82) is 0 Å². The third kappa shape index (κ3) is 3.97. The summed E-state index contributed by atoms with van der Waals surface area (Å²) in [5.41, 5.74) is 2.50. The number of fused-ring (bicyclic) bond motifs is 1. The minimum atomic E-state index is -0.570. The van der Waals surface area contributed by atoms with E-state index in [1.165, 1.54) is 11.1 Å². The summed E-state index contributed by atoms with van der Waals surface area (Å²) in [5.74, 6) is -0.184.